The van der Waals surface area contributed by atoms with Crippen molar-refractivity contribution in [2.24, 2.45) is 4.99 Å². The van der Waals surface area contributed by atoms with Gasteiger partial charge in [-0.2, -0.15) is 0 Å². The number of ether oxygens (including phenoxy) is 1. The maximum absolute atomic E-state index is 6.03. The van der Waals surface area contributed by atoms with Crippen molar-refractivity contribution >= 4 is 34.9 Å². The first-order chi connectivity index (χ1) is 12.7. The highest BCUT2D eigenvalue weighted by molar-refractivity contribution is 8.02. The number of thioether (sulfide) groups is 1. The summed E-state index contributed by atoms with van der Waals surface area (Å²) in [6, 6.07) is 27.2. The van der Waals surface area contributed by atoms with Crippen molar-refractivity contribution in [2.75, 3.05) is 0 Å². The summed E-state index contributed by atoms with van der Waals surface area (Å²) in [7, 11) is 0. The van der Waals surface area contributed by atoms with Crippen LogP contribution in [0.4, 0.5) is 5.69 Å². The summed E-state index contributed by atoms with van der Waals surface area (Å²) in [5, 5.41) is 2.72. The second kappa shape index (κ2) is 9.27. The van der Waals surface area contributed by atoms with E-state index in [4.69, 9.17) is 16.3 Å². The van der Waals surface area contributed by atoms with Gasteiger partial charge in [-0.1, -0.05) is 59.8 Å². The average molecular weight is 380 g/mol. The number of hydrogen-bond acceptors (Lipinski definition) is 3. The molecule has 0 N–H and O–H groups in total. The Labute approximate surface area is 163 Å². The molecule has 0 saturated carbocycles. The van der Waals surface area contributed by atoms with Crippen molar-refractivity contribution in [1.82, 2.24) is 0 Å². The Morgan fingerprint density at radius 3 is 2.15 bits per heavy atom. The normalized spacial score (nSPS) is 12.1. The highest BCUT2D eigenvalue weighted by atomic mass is 35.5. The van der Waals surface area contributed by atoms with Crippen LogP contribution < -0.4 is 4.74 Å². The first-order valence-corrected chi connectivity index (χ1v) is 9.42. The van der Waals surface area contributed by atoms with Gasteiger partial charge in [0.1, 0.15) is 5.75 Å². The van der Waals surface area contributed by atoms with Crippen LogP contribution in [0.25, 0.3) is 0 Å². The quantitative estimate of drug-likeness (QED) is 0.267. The van der Waals surface area contributed by atoms with Crippen LogP contribution in [0, 0.1) is 0 Å². The van der Waals surface area contributed by atoms with Crippen LogP contribution in [0.5, 0.6) is 5.75 Å². The number of benzene rings is 3. The Kier molecular flexibility index (Phi) is 6.53. The van der Waals surface area contributed by atoms with E-state index < -0.39 is 0 Å². The first-order valence-electron chi connectivity index (χ1n) is 8.17. The third-order valence-corrected chi connectivity index (χ3v) is 4.74. The lowest BCUT2D eigenvalue weighted by atomic mass is 10.3. The average Bonchev–Trinajstić information content (AvgIpc) is 2.69. The summed E-state index contributed by atoms with van der Waals surface area (Å²) in [5.74, 6) is 1.25. The maximum Gasteiger partial charge on any atom is 0.223 e. The molecule has 0 aromatic heterocycles. The predicted molar refractivity (Wildman–Crippen MR) is 112 cm³/mol. The molecule has 0 amide bonds. The minimum Gasteiger partial charge on any atom is -0.439 e. The van der Waals surface area contributed by atoms with Crippen LogP contribution in [0.15, 0.2) is 106 Å². The van der Waals surface area contributed by atoms with Crippen molar-refractivity contribution in [3.63, 3.8) is 0 Å². The summed E-state index contributed by atoms with van der Waals surface area (Å²) >= 11 is 7.59. The Morgan fingerprint density at radius 1 is 0.885 bits per heavy atom. The van der Waals surface area contributed by atoms with E-state index in [2.05, 4.69) is 17.1 Å². The van der Waals surface area contributed by atoms with Gasteiger partial charge in [-0.15, -0.1) is 0 Å². The third-order valence-electron chi connectivity index (χ3n) is 3.47. The van der Waals surface area contributed by atoms with Gasteiger partial charge in [-0.3, -0.25) is 0 Å². The molecule has 26 heavy (non-hydrogen) atoms. The minimum absolute atomic E-state index is 0.557. The van der Waals surface area contributed by atoms with Gasteiger partial charge in [0, 0.05) is 15.5 Å². The van der Waals surface area contributed by atoms with E-state index in [-0.39, 0.29) is 0 Å². The molecule has 0 aliphatic heterocycles. The van der Waals surface area contributed by atoms with Crippen LogP contribution in [-0.4, -0.2) is 5.90 Å². The Balaban J connectivity index is 1.86. The van der Waals surface area contributed by atoms with Gasteiger partial charge < -0.3 is 4.74 Å². The van der Waals surface area contributed by atoms with Gasteiger partial charge in [-0.05, 0) is 60.9 Å². The third kappa shape index (κ3) is 5.51. The number of para-hydroxylation sites is 1. The van der Waals surface area contributed by atoms with Gasteiger partial charge in [0.05, 0.1) is 5.69 Å². The largest absolute Gasteiger partial charge is 0.439 e. The minimum atomic E-state index is 0.557. The van der Waals surface area contributed by atoms with Crippen molar-refractivity contribution in [2.45, 2.75) is 11.8 Å². The summed E-state index contributed by atoms with van der Waals surface area (Å²) in [6.07, 6.45) is 0. The molecule has 3 aromatic carbocycles. The van der Waals surface area contributed by atoms with Crippen LogP contribution >= 0.6 is 23.4 Å². The first kappa shape index (κ1) is 18.3. The van der Waals surface area contributed by atoms with Crippen LogP contribution in [0.2, 0.25) is 5.02 Å². The fourth-order valence-corrected chi connectivity index (χ4v) is 2.99. The van der Waals surface area contributed by atoms with E-state index in [1.54, 1.807) is 23.9 Å². The lowest BCUT2D eigenvalue weighted by Crippen LogP contribution is -2.09. The molecule has 0 unspecified atom stereocenters. The number of halogens is 1. The standard InChI is InChI=1S/C22H18ClNOS/c1-17(16-26-21-10-6-3-7-11-21)22(24-19-8-4-2-5-9-19)25-20-14-12-18(23)13-15-20/h2-16H,1H3/b17-16+,24-22-. The van der Waals surface area contributed by atoms with Crippen molar-refractivity contribution < 1.29 is 4.74 Å². The SMILES string of the molecule is CC(=C\Sc1ccccc1)/C(=N/c1ccccc1)Oc1ccc(Cl)cc1. The highest BCUT2D eigenvalue weighted by Crippen LogP contribution is 2.23. The lowest BCUT2D eigenvalue weighted by molar-refractivity contribution is 0.551. The van der Waals surface area contributed by atoms with E-state index in [0.29, 0.717) is 16.7 Å². The molecule has 4 heteroatoms. The smallest absolute Gasteiger partial charge is 0.223 e. The summed E-state index contributed by atoms with van der Waals surface area (Å²) in [5.41, 5.74) is 1.78. The molecular formula is C22H18ClNOS. The molecule has 0 radical (unpaired) electrons. The van der Waals surface area contributed by atoms with E-state index >= 15 is 0 Å². The van der Waals surface area contributed by atoms with Gasteiger partial charge in [0.15, 0.2) is 0 Å². The molecule has 0 fully saturated rings. The van der Waals surface area contributed by atoms with Gasteiger partial charge in [0.2, 0.25) is 5.90 Å². The summed E-state index contributed by atoms with van der Waals surface area (Å²) in [6.45, 7) is 1.99. The van der Waals surface area contributed by atoms with Gasteiger partial charge >= 0.3 is 0 Å². The zero-order chi connectivity index (χ0) is 18.2. The molecule has 0 aliphatic rings. The fourth-order valence-electron chi connectivity index (χ4n) is 2.13. The second-order valence-electron chi connectivity index (χ2n) is 5.54. The van der Waals surface area contributed by atoms with Gasteiger partial charge in [0.25, 0.3) is 0 Å². The van der Waals surface area contributed by atoms with Crippen molar-refractivity contribution in [3.8, 4) is 5.75 Å². The monoisotopic (exact) mass is 379 g/mol. The maximum atomic E-state index is 6.03. The van der Waals surface area contributed by atoms with E-state index in [1.807, 2.05) is 73.0 Å². The molecule has 0 bridgehead atoms. The predicted octanol–water partition coefficient (Wildman–Crippen LogP) is 7.15. The molecule has 2 nitrogen and oxygen atoms in total. The topological polar surface area (TPSA) is 21.6 Å². The second-order valence-corrected chi connectivity index (χ2v) is 6.92. The molecule has 0 aliphatic carbocycles. The summed E-state index contributed by atoms with van der Waals surface area (Å²) < 4.78 is 6.03. The lowest BCUT2D eigenvalue weighted by Gasteiger charge is -2.10. The van der Waals surface area contributed by atoms with Crippen LogP contribution in [0.3, 0.4) is 0 Å². The zero-order valence-electron chi connectivity index (χ0n) is 14.3. The molecule has 3 rings (SSSR count). The van der Waals surface area contributed by atoms with E-state index in [0.717, 1.165) is 16.2 Å². The number of hydrogen-bond donors (Lipinski definition) is 0. The van der Waals surface area contributed by atoms with Crippen molar-refractivity contribution in [3.05, 3.63) is 101 Å². The Bertz CT molecular complexity index is 890. The van der Waals surface area contributed by atoms with Crippen LogP contribution in [0.1, 0.15) is 6.92 Å². The summed E-state index contributed by atoms with van der Waals surface area (Å²) in [4.78, 5) is 5.83. The van der Waals surface area contributed by atoms with Gasteiger partial charge in [-0.25, -0.2) is 4.99 Å². The molecule has 0 heterocycles. The molecular weight excluding hydrogens is 362 g/mol. The molecule has 0 atom stereocenters. The number of aliphatic imine (C=N–C) groups is 1. The molecule has 0 spiro atoms. The molecule has 3 aromatic rings. The molecule has 0 saturated heterocycles. The number of rotatable bonds is 5. The van der Waals surface area contributed by atoms with Crippen molar-refractivity contribution in [1.29, 1.82) is 0 Å². The zero-order valence-corrected chi connectivity index (χ0v) is 15.9. The fraction of sp³-hybridized carbons (Fsp3) is 0.0455. The molecule has 130 valence electrons. The highest BCUT2D eigenvalue weighted by Gasteiger charge is 2.07. The van der Waals surface area contributed by atoms with E-state index in [9.17, 15) is 0 Å². The number of nitrogens with zero attached hydrogens (tertiary/aromatic N) is 1. The van der Waals surface area contributed by atoms with Crippen LogP contribution in [-0.2, 0) is 0 Å². The van der Waals surface area contributed by atoms with E-state index in [1.165, 1.54) is 0 Å². The Morgan fingerprint density at radius 2 is 1.50 bits per heavy atom. The Hall–Kier alpha value is -2.49.